The highest BCUT2D eigenvalue weighted by molar-refractivity contribution is 5.82. The van der Waals surface area contributed by atoms with Gasteiger partial charge in [-0.15, -0.1) is 0 Å². The van der Waals surface area contributed by atoms with Crippen LogP contribution in [0.3, 0.4) is 0 Å². The number of likely N-dealkylation sites (N-methyl/N-ethyl adjacent to an activating group) is 1. The van der Waals surface area contributed by atoms with Gasteiger partial charge in [-0.05, 0) is 26.3 Å². The van der Waals surface area contributed by atoms with Crippen molar-refractivity contribution in [2.75, 3.05) is 20.2 Å². The average Bonchev–Trinajstić information content (AvgIpc) is 2.37. The van der Waals surface area contributed by atoms with Gasteiger partial charge in [-0.2, -0.15) is 0 Å². The molecule has 1 aromatic carbocycles. The van der Waals surface area contributed by atoms with Gasteiger partial charge in [0, 0.05) is 13.6 Å². The van der Waals surface area contributed by atoms with Crippen LogP contribution in [0, 0.1) is 6.92 Å². The van der Waals surface area contributed by atoms with Crippen LogP contribution in [0.1, 0.15) is 31.0 Å². The summed E-state index contributed by atoms with van der Waals surface area (Å²) >= 11 is 0. The van der Waals surface area contributed by atoms with Gasteiger partial charge in [0.2, 0.25) is 5.91 Å². The van der Waals surface area contributed by atoms with E-state index in [-0.39, 0.29) is 12.0 Å². The quantitative estimate of drug-likeness (QED) is 0.853. The molecule has 1 rings (SSSR count). The molecule has 1 amide bonds. The van der Waals surface area contributed by atoms with Crippen LogP contribution in [0.4, 0.5) is 0 Å². The molecule has 4 heteroatoms. The van der Waals surface area contributed by atoms with Crippen molar-refractivity contribution < 1.29 is 9.53 Å². The van der Waals surface area contributed by atoms with Crippen LogP contribution in [0.5, 0.6) is 0 Å². The normalized spacial score (nSPS) is 12.5. The third-order valence-electron chi connectivity index (χ3n) is 2.96. The molecular formula is C15H24N2O2. The van der Waals surface area contributed by atoms with Gasteiger partial charge in [0.25, 0.3) is 0 Å². The molecule has 1 atom stereocenters. The van der Waals surface area contributed by atoms with E-state index in [2.05, 4.69) is 0 Å². The summed E-state index contributed by atoms with van der Waals surface area (Å²) < 4.78 is 5.43. The SMILES string of the molecule is Cc1ccc(C(N)C(=O)N(C)CCOC(C)C)cc1. The molecule has 0 bridgehead atoms. The molecule has 0 aliphatic rings. The van der Waals surface area contributed by atoms with E-state index >= 15 is 0 Å². The molecule has 19 heavy (non-hydrogen) atoms. The minimum absolute atomic E-state index is 0.0868. The Balaban J connectivity index is 2.53. The Morgan fingerprint density at radius 3 is 2.42 bits per heavy atom. The van der Waals surface area contributed by atoms with E-state index in [4.69, 9.17) is 10.5 Å². The van der Waals surface area contributed by atoms with Crippen LogP contribution in [-0.4, -0.2) is 37.1 Å². The number of nitrogens with zero attached hydrogens (tertiary/aromatic N) is 1. The van der Waals surface area contributed by atoms with Crippen molar-refractivity contribution in [3.63, 3.8) is 0 Å². The van der Waals surface area contributed by atoms with E-state index in [0.29, 0.717) is 13.2 Å². The molecule has 0 aliphatic heterocycles. The Morgan fingerprint density at radius 1 is 1.32 bits per heavy atom. The number of amides is 1. The van der Waals surface area contributed by atoms with Crippen molar-refractivity contribution in [3.8, 4) is 0 Å². The zero-order valence-electron chi connectivity index (χ0n) is 12.2. The molecule has 1 aromatic rings. The molecule has 4 nitrogen and oxygen atoms in total. The molecule has 106 valence electrons. The van der Waals surface area contributed by atoms with E-state index < -0.39 is 6.04 Å². The first-order valence-corrected chi connectivity index (χ1v) is 6.60. The number of hydrogen-bond donors (Lipinski definition) is 1. The Kier molecular flexibility index (Phi) is 5.99. The number of ether oxygens (including phenoxy) is 1. The summed E-state index contributed by atoms with van der Waals surface area (Å²) in [7, 11) is 1.75. The van der Waals surface area contributed by atoms with Crippen LogP contribution in [0.25, 0.3) is 0 Å². The molecule has 0 saturated carbocycles. The first-order valence-electron chi connectivity index (χ1n) is 6.60. The Bertz CT molecular complexity index is 401. The molecule has 0 aromatic heterocycles. The van der Waals surface area contributed by atoms with E-state index in [1.165, 1.54) is 0 Å². The van der Waals surface area contributed by atoms with Crippen molar-refractivity contribution >= 4 is 5.91 Å². The van der Waals surface area contributed by atoms with Gasteiger partial charge in [0.15, 0.2) is 0 Å². The smallest absolute Gasteiger partial charge is 0.243 e. The van der Waals surface area contributed by atoms with Gasteiger partial charge < -0.3 is 15.4 Å². The first kappa shape index (κ1) is 15.7. The van der Waals surface area contributed by atoms with E-state index in [9.17, 15) is 4.79 Å². The topological polar surface area (TPSA) is 55.6 Å². The predicted molar refractivity (Wildman–Crippen MR) is 76.8 cm³/mol. The van der Waals surface area contributed by atoms with Gasteiger partial charge in [-0.3, -0.25) is 4.79 Å². The Hall–Kier alpha value is -1.39. The van der Waals surface area contributed by atoms with Crippen molar-refractivity contribution in [3.05, 3.63) is 35.4 Å². The highest BCUT2D eigenvalue weighted by Crippen LogP contribution is 2.13. The lowest BCUT2D eigenvalue weighted by atomic mass is 10.1. The van der Waals surface area contributed by atoms with Crippen LogP contribution in [0.2, 0.25) is 0 Å². The summed E-state index contributed by atoms with van der Waals surface area (Å²) in [4.78, 5) is 13.8. The van der Waals surface area contributed by atoms with E-state index in [1.807, 2.05) is 45.0 Å². The number of carbonyl (C=O) groups excluding carboxylic acids is 1. The fourth-order valence-corrected chi connectivity index (χ4v) is 1.69. The fourth-order valence-electron chi connectivity index (χ4n) is 1.69. The number of hydrogen-bond acceptors (Lipinski definition) is 3. The molecule has 0 aliphatic carbocycles. The summed E-state index contributed by atoms with van der Waals surface area (Å²) in [5, 5.41) is 0. The minimum atomic E-state index is -0.607. The average molecular weight is 264 g/mol. The molecule has 0 heterocycles. The highest BCUT2D eigenvalue weighted by atomic mass is 16.5. The second-order valence-corrected chi connectivity index (χ2v) is 5.07. The van der Waals surface area contributed by atoms with Gasteiger partial charge in [-0.1, -0.05) is 29.8 Å². The third kappa shape index (κ3) is 5.01. The maximum atomic E-state index is 12.1. The van der Waals surface area contributed by atoms with Crippen LogP contribution >= 0.6 is 0 Å². The molecule has 0 radical (unpaired) electrons. The number of rotatable bonds is 6. The molecule has 0 fully saturated rings. The lowest BCUT2D eigenvalue weighted by Gasteiger charge is -2.22. The van der Waals surface area contributed by atoms with E-state index in [1.54, 1.807) is 11.9 Å². The van der Waals surface area contributed by atoms with Gasteiger partial charge in [0.1, 0.15) is 6.04 Å². The van der Waals surface area contributed by atoms with Crippen molar-refractivity contribution in [1.29, 1.82) is 0 Å². The lowest BCUT2D eigenvalue weighted by Crippen LogP contribution is -2.38. The summed E-state index contributed by atoms with van der Waals surface area (Å²) in [6.45, 7) is 7.03. The lowest BCUT2D eigenvalue weighted by molar-refractivity contribution is -0.132. The zero-order valence-corrected chi connectivity index (χ0v) is 12.2. The summed E-state index contributed by atoms with van der Waals surface area (Å²) in [6.07, 6.45) is 0.175. The standard InChI is InChI=1S/C15H24N2O2/c1-11(2)19-10-9-17(4)15(18)14(16)13-7-5-12(3)6-8-13/h5-8,11,14H,9-10,16H2,1-4H3. The largest absolute Gasteiger partial charge is 0.377 e. The maximum Gasteiger partial charge on any atom is 0.243 e. The molecular weight excluding hydrogens is 240 g/mol. The van der Waals surface area contributed by atoms with Gasteiger partial charge in [0.05, 0.1) is 12.7 Å². The monoisotopic (exact) mass is 264 g/mol. The molecule has 0 saturated heterocycles. The van der Waals surface area contributed by atoms with Crippen molar-refractivity contribution in [2.45, 2.75) is 32.9 Å². The first-order chi connectivity index (χ1) is 8.91. The summed E-state index contributed by atoms with van der Waals surface area (Å²) in [5.41, 5.74) is 7.98. The van der Waals surface area contributed by atoms with Crippen molar-refractivity contribution in [1.82, 2.24) is 4.90 Å². The van der Waals surface area contributed by atoms with Gasteiger partial charge >= 0.3 is 0 Å². The Morgan fingerprint density at radius 2 is 1.89 bits per heavy atom. The maximum absolute atomic E-state index is 12.1. The number of nitrogens with two attached hydrogens (primary N) is 1. The predicted octanol–water partition coefficient (Wildman–Crippen LogP) is 1.88. The fraction of sp³-hybridized carbons (Fsp3) is 0.533. The molecule has 0 spiro atoms. The second-order valence-electron chi connectivity index (χ2n) is 5.07. The van der Waals surface area contributed by atoms with Crippen LogP contribution < -0.4 is 5.73 Å². The summed E-state index contributed by atoms with van der Waals surface area (Å²) in [6, 6.07) is 7.12. The third-order valence-corrected chi connectivity index (χ3v) is 2.96. The Labute approximate surface area is 115 Å². The van der Waals surface area contributed by atoms with E-state index in [0.717, 1.165) is 11.1 Å². The molecule has 2 N–H and O–H groups in total. The number of benzene rings is 1. The second kappa shape index (κ2) is 7.26. The van der Waals surface area contributed by atoms with Crippen LogP contribution in [-0.2, 0) is 9.53 Å². The highest BCUT2D eigenvalue weighted by Gasteiger charge is 2.19. The summed E-state index contributed by atoms with van der Waals surface area (Å²) in [5.74, 6) is -0.0868. The van der Waals surface area contributed by atoms with Crippen LogP contribution in [0.15, 0.2) is 24.3 Å². The zero-order chi connectivity index (χ0) is 14.4. The number of aryl methyl sites for hydroxylation is 1. The minimum Gasteiger partial charge on any atom is -0.377 e. The molecule has 1 unspecified atom stereocenters. The van der Waals surface area contributed by atoms with Gasteiger partial charge in [-0.25, -0.2) is 0 Å². The van der Waals surface area contributed by atoms with Crippen molar-refractivity contribution in [2.24, 2.45) is 5.73 Å². The number of carbonyl (C=O) groups is 1.